The number of amides is 2. The molecule has 0 saturated heterocycles. The number of carbonyl (C=O) groups is 2. The SMILES string of the molecule is C=CC(=O)NCOS(=O)(=O)CCC.C=CC(N)=O. The Morgan fingerprint density at radius 1 is 1.33 bits per heavy atom. The Labute approximate surface area is 107 Å². The number of nitrogens with two attached hydrogens (primary N) is 1. The number of hydrogen-bond acceptors (Lipinski definition) is 5. The molecule has 0 rings (SSSR count). The summed E-state index contributed by atoms with van der Waals surface area (Å²) in [5.74, 6) is -0.992. The Hall–Kier alpha value is -1.67. The minimum atomic E-state index is -3.48. The van der Waals surface area contributed by atoms with Crippen LogP contribution < -0.4 is 11.1 Å². The van der Waals surface area contributed by atoms with Crippen LogP contribution in [0.15, 0.2) is 25.3 Å². The molecule has 0 atom stereocenters. The minimum Gasteiger partial charge on any atom is -0.366 e. The van der Waals surface area contributed by atoms with Crippen molar-refractivity contribution in [2.75, 3.05) is 12.5 Å². The Morgan fingerprint density at radius 3 is 2.17 bits per heavy atom. The van der Waals surface area contributed by atoms with Crippen LogP contribution in [0.1, 0.15) is 13.3 Å². The molecular formula is C10H18N2O5S. The number of rotatable bonds is 7. The fourth-order valence-electron chi connectivity index (χ4n) is 0.571. The molecule has 0 aromatic heterocycles. The van der Waals surface area contributed by atoms with Crippen LogP contribution in [-0.4, -0.2) is 32.7 Å². The molecule has 0 aliphatic heterocycles. The van der Waals surface area contributed by atoms with Crippen molar-refractivity contribution in [3.8, 4) is 0 Å². The highest BCUT2D eigenvalue weighted by atomic mass is 32.2. The molecule has 0 radical (unpaired) electrons. The van der Waals surface area contributed by atoms with E-state index >= 15 is 0 Å². The van der Waals surface area contributed by atoms with Gasteiger partial charge < -0.3 is 11.1 Å². The van der Waals surface area contributed by atoms with Gasteiger partial charge in [0.1, 0.15) is 6.73 Å². The van der Waals surface area contributed by atoms with E-state index in [1.165, 1.54) is 0 Å². The Kier molecular flexibility index (Phi) is 10.9. The van der Waals surface area contributed by atoms with Crippen LogP contribution >= 0.6 is 0 Å². The molecule has 0 aliphatic rings. The molecule has 0 unspecified atom stereocenters. The highest BCUT2D eigenvalue weighted by Crippen LogP contribution is 1.93. The Morgan fingerprint density at radius 2 is 1.83 bits per heavy atom. The third-order valence-electron chi connectivity index (χ3n) is 1.33. The fraction of sp³-hybridized carbons (Fsp3) is 0.400. The maximum absolute atomic E-state index is 10.9. The van der Waals surface area contributed by atoms with Crippen LogP contribution in [0.3, 0.4) is 0 Å². The van der Waals surface area contributed by atoms with Crippen LogP contribution in [0, 0.1) is 0 Å². The summed E-state index contributed by atoms with van der Waals surface area (Å²) < 4.78 is 26.2. The molecule has 0 bridgehead atoms. The molecular weight excluding hydrogens is 260 g/mol. The van der Waals surface area contributed by atoms with Gasteiger partial charge in [-0.05, 0) is 18.6 Å². The van der Waals surface area contributed by atoms with Crippen molar-refractivity contribution in [3.63, 3.8) is 0 Å². The number of hydrogen-bond donors (Lipinski definition) is 2. The maximum Gasteiger partial charge on any atom is 0.269 e. The summed E-state index contributed by atoms with van der Waals surface area (Å²) in [4.78, 5) is 20.0. The van der Waals surface area contributed by atoms with E-state index in [1.807, 2.05) is 0 Å². The molecule has 0 spiro atoms. The summed E-state index contributed by atoms with van der Waals surface area (Å²) in [5.41, 5.74) is 4.53. The van der Waals surface area contributed by atoms with Crippen molar-refractivity contribution >= 4 is 21.9 Å². The van der Waals surface area contributed by atoms with E-state index in [-0.39, 0.29) is 12.5 Å². The normalized spacial score (nSPS) is 9.61. The second kappa shape index (κ2) is 10.5. The van der Waals surface area contributed by atoms with Gasteiger partial charge in [-0.25, -0.2) is 4.18 Å². The number of carbonyl (C=O) groups excluding carboxylic acids is 2. The van der Waals surface area contributed by atoms with E-state index in [2.05, 4.69) is 28.4 Å². The van der Waals surface area contributed by atoms with E-state index in [4.69, 9.17) is 0 Å². The summed E-state index contributed by atoms with van der Waals surface area (Å²) in [6.07, 6.45) is 2.58. The van der Waals surface area contributed by atoms with E-state index in [1.54, 1.807) is 6.92 Å². The van der Waals surface area contributed by atoms with Crippen molar-refractivity contribution in [1.82, 2.24) is 5.32 Å². The third kappa shape index (κ3) is 14.3. The quantitative estimate of drug-likeness (QED) is 0.375. The molecule has 0 aromatic rings. The van der Waals surface area contributed by atoms with Crippen molar-refractivity contribution in [2.24, 2.45) is 5.73 Å². The standard InChI is InChI=1S/C7H13NO4S.C3H5NO/c1-3-5-13(10,11)12-6-8-7(9)4-2;1-2-3(4)5/h4H,2-3,5-6H2,1H3,(H,8,9);2H,1H2,(H2,4,5). The van der Waals surface area contributed by atoms with E-state index in [0.29, 0.717) is 6.42 Å². The van der Waals surface area contributed by atoms with Crippen molar-refractivity contribution < 1.29 is 22.2 Å². The zero-order valence-corrected chi connectivity index (χ0v) is 11.0. The summed E-state index contributed by atoms with van der Waals surface area (Å²) in [7, 11) is -3.48. The van der Waals surface area contributed by atoms with Gasteiger partial charge in [0.15, 0.2) is 0 Å². The molecule has 3 N–H and O–H groups in total. The van der Waals surface area contributed by atoms with Crippen molar-refractivity contribution in [2.45, 2.75) is 13.3 Å². The van der Waals surface area contributed by atoms with E-state index in [9.17, 15) is 18.0 Å². The first-order valence-corrected chi connectivity index (χ1v) is 6.56. The second-order valence-electron chi connectivity index (χ2n) is 2.88. The van der Waals surface area contributed by atoms with Gasteiger partial charge in [0.25, 0.3) is 10.1 Å². The number of primary amides is 1. The zero-order valence-electron chi connectivity index (χ0n) is 10.2. The highest BCUT2D eigenvalue weighted by Gasteiger charge is 2.08. The molecule has 8 heteroatoms. The smallest absolute Gasteiger partial charge is 0.269 e. The lowest BCUT2D eigenvalue weighted by atomic mass is 10.6. The zero-order chi connectivity index (χ0) is 14.6. The lowest BCUT2D eigenvalue weighted by molar-refractivity contribution is -0.117. The van der Waals surface area contributed by atoms with Gasteiger partial charge in [0, 0.05) is 0 Å². The summed E-state index contributed by atoms with van der Waals surface area (Å²) in [6.45, 7) is 7.67. The Balaban J connectivity index is 0. The molecule has 18 heavy (non-hydrogen) atoms. The van der Waals surface area contributed by atoms with Crippen LogP contribution in [0.4, 0.5) is 0 Å². The summed E-state index contributed by atoms with van der Waals surface area (Å²) in [6, 6.07) is 0. The first kappa shape index (κ1) is 18.7. The topological polar surface area (TPSA) is 116 Å². The van der Waals surface area contributed by atoms with Gasteiger partial charge in [-0.1, -0.05) is 20.1 Å². The average Bonchev–Trinajstić information content (AvgIpc) is 2.29. The molecule has 0 aliphatic carbocycles. The highest BCUT2D eigenvalue weighted by molar-refractivity contribution is 7.86. The second-order valence-corrected chi connectivity index (χ2v) is 4.63. The first-order valence-electron chi connectivity index (χ1n) is 4.98. The minimum absolute atomic E-state index is 0.0447. The molecule has 104 valence electrons. The van der Waals surface area contributed by atoms with Gasteiger partial charge in [0.2, 0.25) is 11.8 Å². The van der Waals surface area contributed by atoms with Crippen LogP contribution in [0.5, 0.6) is 0 Å². The molecule has 7 nitrogen and oxygen atoms in total. The van der Waals surface area contributed by atoms with Gasteiger partial charge in [-0.3, -0.25) is 9.59 Å². The monoisotopic (exact) mass is 278 g/mol. The molecule has 0 saturated carbocycles. The summed E-state index contributed by atoms with van der Waals surface area (Å²) in [5, 5.41) is 2.19. The molecule has 2 amide bonds. The van der Waals surface area contributed by atoms with Crippen LogP contribution in [0.2, 0.25) is 0 Å². The largest absolute Gasteiger partial charge is 0.366 e. The maximum atomic E-state index is 10.9. The van der Waals surface area contributed by atoms with Gasteiger partial charge >= 0.3 is 0 Å². The molecule has 0 heterocycles. The molecule has 0 aromatic carbocycles. The van der Waals surface area contributed by atoms with E-state index < -0.39 is 21.9 Å². The predicted molar refractivity (Wildman–Crippen MR) is 67.8 cm³/mol. The van der Waals surface area contributed by atoms with Crippen molar-refractivity contribution in [1.29, 1.82) is 0 Å². The first-order chi connectivity index (χ1) is 8.29. The predicted octanol–water partition coefficient (Wildman–Crippen LogP) is -0.340. The third-order valence-corrected chi connectivity index (χ3v) is 2.71. The molecule has 0 fully saturated rings. The summed E-state index contributed by atoms with van der Waals surface area (Å²) >= 11 is 0. The fourth-order valence-corrected chi connectivity index (χ4v) is 1.43. The van der Waals surface area contributed by atoms with Crippen LogP contribution in [0.25, 0.3) is 0 Å². The lowest BCUT2D eigenvalue weighted by Crippen LogP contribution is -2.26. The van der Waals surface area contributed by atoms with Gasteiger partial charge in [-0.15, -0.1) is 0 Å². The van der Waals surface area contributed by atoms with Crippen molar-refractivity contribution in [3.05, 3.63) is 25.3 Å². The lowest BCUT2D eigenvalue weighted by Gasteiger charge is -2.03. The average molecular weight is 278 g/mol. The van der Waals surface area contributed by atoms with Crippen LogP contribution in [-0.2, 0) is 23.9 Å². The van der Waals surface area contributed by atoms with Gasteiger partial charge in [-0.2, -0.15) is 8.42 Å². The van der Waals surface area contributed by atoms with Gasteiger partial charge in [0.05, 0.1) is 5.75 Å². The number of nitrogens with one attached hydrogen (secondary N) is 1. The Bertz CT molecular complexity index is 389. The van der Waals surface area contributed by atoms with E-state index in [0.717, 1.165) is 12.2 Å².